The lowest BCUT2D eigenvalue weighted by atomic mass is 10.2. The fourth-order valence-electron chi connectivity index (χ4n) is 2.73. The van der Waals surface area contributed by atoms with Crippen LogP contribution in [-0.2, 0) is 22.3 Å². The third-order valence-electron chi connectivity index (χ3n) is 3.96. The lowest BCUT2D eigenvalue weighted by molar-refractivity contribution is -0.141. The number of anilines is 1. The molecule has 0 aliphatic heterocycles. The molecule has 148 valence electrons. The Morgan fingerprint density at radius 3 is 2.64 bits per heavy atom. The lowest BCUT2D eigenvalue weighted by Gasteiger charge is -2.13. The number of nitrogens with one attached hydrogen (secondary N) is 1. The molecule has 0 radical (unpaired) electrons. The molecule has 0 bridgehead atoms. The molecule has 3 rings (SSSR count). The molecule has 0 atom stereocenters. The average molecular weight is 394 g/mol. The second-order valence-electron chi connectivity index (χ2n) is 5.68. The van der Waals surface area contributed by atoms with Gasteiger partial charge in [0.2, 0.25) is 6.41 Å². The third kappa shape index (κ3) is 3.77. The van der Waals surface area contributed by atoms with Crippen molar-refractivity contribution >= 4 is 23.3 Å². The molecule has 0 spiro atoms. The molecule has 0 unspecified atom stereocenters. The Morgan fingerprint density at radius 2 is 2.00 bits per heavy atom. The Labute approximate surface area is 158 Å². The molecule has 0 saturated carbocycles. The van der Waals surface area contributed by atoms with Crippen molar-refractivity contribution in [2.24, 2.45) is 0 Å². The van der Waals surface area contributed by atoms with Crippen LogP contribution in [0.4, 0.5) is 18.9 Å². The fourth-order valence-corrected chi connectivity index (χ4v) is 2.73. The predicted molar refractivity (Wildman–Crippen MR) is 95.4 cm³/mol. The average Bonchev–Trinajstić information content (AvgIpc) is 3.03. The highest BCUT2D eigenvalue weighted by molar-refractivity contribution is 5.78. The monoisotopic (exact) mass is 394 g/mol. The third-order valence-corrected chi connectivity index (χ3v) is 3.96. The summed E-state index contributed by atoms with van der Waals surface area (Å²) in [6.07, 6.45) is -4.08. The molecular weight excluding hydrogens is 377 g/mol. The van der Waals surface area contributed by atoms with E-state index in [0.29, 0.717) is 41.5 Å². The number of aromatic nitrogens is 3. The van der Waals surface area contributed by atoms with Crippen LogP contribution in [0, 0.1) is 0 Å². The maximum Gasteiger partial charge on any atom is 0.433 e. The van der Waals surface area contributed by atoms with Gasteiger partial charge < -0.3 is 14.8 Å². The van der Waals surface area contributed by atoms with E-state index in [1.54, 1.807) is 25.1 Å². The van der Waals surface area contributed by atoms with Gasteiger partial charge >= 0.3 is 6.18 Å². The molecule has 0 saturated heterocycles. The first-order valence-corrected chi connectivity index (χ1v) is 8.31. The number of ether oxygens (including phenoxy) is 2. The Balaban J connectivity index is 2.22. The van der Waals surface area contributed by atoms with Gasteiger partial charge in [-0.2, -0.15) is 13.2 Å². The molecule has 0 aliphatic carbocycles. The van der Waals surface area contributed by atoms with Crippen molar-refractivity contribution in [2.45, 2.75) is 19.7 Å². The highest BCUT2D eigenvalue weighted by Crippen LogP contribution is 2.32. The van der Waals surface area contributed by atoms with Gasteiger partial charge in [0, 0.05) is 12.7 Å². The highest BCUT2D eigenvalue weighted by Gasteiger charge is 2.33. The van der Waals surface area contributed by atoms with Gasteiger partial charge in [-0.25, -0.2) is 9.97 Å². The second-order valence-corrected chi connectivity index (χ2v) is 5.68. The van der Waals surface area contributed by atoms with Crippen molar-refractivity contribution < 1.29 is 27.4 Å². The van der Waals surface area contributed by atoms with Crippen molar-refractivity contribution in [1.29, 1.82) is 0 Å². The summed E-state index contributed by atoms with van der Waals surface area (Å²) >= 11 is 0. The first kappa shape index (κ1) is 19.6. The van der Waals surface area contributed by atoms with Crippen molar-refractivity contribution in [2.75, 3.05) is 19.0 Å². The van der Waals surface area contributed by atoms with E-state index >= 15 is 0 Å². The van der Waals surface area contributed by atoms with Gasteiger partial charge in [0.25, 0.3) is 0 Å². The molecular formula is C18H17F3N4O3. The van der Waals surface area contributed by atoms with E-state index in [2.05, 4.69) is 15.3 Å². The van der Waals surface area contributed by atoms with E-state index in [0.717, 1.165) is 6.07 Å². The van der Waals surface area contributed by atoms with E-state index in [1.165, 1.54) is 17.7 Å². The van der Waals surface area contributed by atoms with Crippen LogP contribution < -0.4 is 10.1 Å². The van der Waals surface area contributed by atoms with Gasteiger partial charge in [-0.15, -0.1) is 0 Å². The Bertz CT molecular complexity index is 1000. The van der Waals surface area contributed by atoms with Crippen LogP contribution in [0.15, 0.2) is 30.3 Å². The molecule has 1 N–H and O–H groups in total. The van der Waals surface area contributed by atoms with Crippen LogP contribution in [0.25, 0.3) is 16.9 Å². The normalized spacial score (nSPS) is 11.6. The number of amides is 1. The Kier molecular flexibility index (Phi) is 5.50. The number of rotatable bonds is 7. The van der Waals surface area contributed by atoms with Crippen molar-refractivity contribution in [1.82, 2.24) is 14.5 Å². The summed E-state index contributed by atoms with van der Waals surface area (Å²) in [7, 11) is 1.42. The fraction of sp³-hybridized carbons (Fsp3) is 0.278. The number of alkyl halides is 3. The maximum atomic E-state index is 13.1. The largest absolute Gasteiger partial charge is 0.494 e. The summed E-state index contributed by atoms with van der Waals surface area (Å²) in [5.41, 5.74) is 0.216. The van der Waals surface area contributed by atoms with Crippen LogP contribution in [0.1, 0.15) is 18.4 Å². The van der Waals surface area contributed by atoms with Crippen molar-refractivity contribution in [3.05, 3.63) is 41.9 Å². The topological polar surface area (TPSA) is 78.3 Å². The minimum atomic E-state index is -4.58. The number of carbonyl (C=O) groups excluding carboxylic acids is 1. The van der Waals surface area contributed by atoms with Crippen molar-refractivity contribution in [3.8, 4) is 11.4 Å². The minimum Gasteiger partial charge on any atom is -0.494 e. The maximum absolute atomic E-state index is 13.1. The zero-order chi connectivity index (χ0) is 20.3. The zero-order valence-electron chi connectivity index (χ0n) is 15.1. The Morgan fingerprint density at radius 1 is 1.21 bits per heavy atom. The van der Waals surface area contributed by atoms with Crippen molar-refractivity contribution in [3.63, 3.8) is 0 Å². The van der Waals surface area contributed by atoms with E-state index < -0.39 is 11.9 Å². The smallest absolute Gasteiger partial charge is 0.433 e. The number of benzene rings is 1. The molecule has 2 heterocycles. The molecule has 3 aromatic rings. The summed E-state index contributed by atoms with van der Waals surface area (Å²) < 4.78 is 51.6. The second kappa shape index (κ2) is 7.85. The first-order chi connectivity index (χ1) is 13.4. The number of hydrogen-bond acceptors (Lipinski definition) is 5. The summed E-state index contributed by atoms with van der Waals surface area (Å²) in [5, 5.41) is 2.50. The number of carbonyl (C=O) groups is 1. The van der Waals surface area contributed by atoms with Gasteiger partial charge in [0.15, 0.2) is 5.65 Å². The van der Waals surface area contributed by atoms with Crippen LogP contribution in [0.2, 0.25) is 0 Å². The van der Waals surface area contributed by atoms with Crippen LogP contribution in [-0.4, -0.2) is 34.7 Å². The van der Waals surface area contributed by atoms with E-state index in [1.807, 2.05) is 0 Å². The quantitative estimate of drug-likeness (QED) is 0.620. The van der Waals surface area contributed by atoms with Gasteiger partial charge in [0.1, 0.15) is 29.4 Å². The zero-order valence-corrected chi connectivity index (χ0v) is 15.1. The summed E-state index contributed by atoms with van der Waals surface area (Å²) in [5.74, 6) is 0.725. The van der Waals surface area contributed by atoms with Gasteiger partial charge in [-0.05, 0) is 31.2 Å². The molecule has 1 aromatic carbocycles. The summed E-state index contributed by atoms with van der Waals surface area (Å²) in [6.45, 7) is 2.30. The van der Waals surface area contributed by atoms with Crippen LogP contribution in [0.3, 0.4) is 0 Å². The van der Waals surface area contributed by atoms with E-state index in [-0.39, 0.29) is 12.3 Å². The number of halogens is 3. The molecule has 0 fully saturated rings. The lowest BCUT2D eigenvalue weighted by Crippen LogP contribution is -2.10. The minimum absolute atomic E-state index is 0.0441. The number of hydrogen-bond donors (Lipinski definition) is 1. The van der Waals surface area contributed by atoms with Gasteiger partial charge in [0.05, 0.1) is 18.5 Å². The molecule has 28 heavy (non-hydrogen) atoms. The number of methoxy groups -OCH3 is 1. The highest BCUT2D eigenvalue weighted by atomic mass is 19.4. The van der Waals surface area contributed by atoms with Gasteiger partial charge in [-0.1, -0.05) is 0 Å². The predicted octanol–water partition coefficient (Wildman–Crippen LogP) is 3.55. The standard InChI is InChI=1S/C18H17F3N4O3/c1-3-28-9-16-23-13-6-7-15(18(19,20)21)24-17(13)25(16)11-4-5-12(22-10-26)14(8-11)27-2/h4-8,10H,3,9H2,1-2H3,(H,22,26). The van der Waals surface area contributed by atoms with Crippen LogP contribution in [0.5, 0.6) is 5.75 Å². The van der Waals surface area contributed by atoms with Crippen LogP contribution >= 0.6 is 0 Å². The number of pyridine rings is 1. The SMILES string of the molecule is CCOCc1nc2ccc(C(F)(F)F)nc2n1-c1ccc(NC=O)c(OC)c1. The molecule has 2 aromatic heterocycles. The van der Waals surface area contributed by atoms with E-state index in [4.69, 9.17) is 9.47 Å². The first-order valence-electron chi connectivity index (χ1n) is 8.31. The number of imidazole rings is 1. The summed E-state index contributed by atoms with van der Waals surface area (Å²) in [6, 6.07) is 6.93. The molecule has 7 nitrogen and oxygen atoms in total. The molecule has 1 amide bonds. The van der Waals surface area contributed by atoms with Gasteiger partial charge in [-0.3, -0.25) is 9.36 Å². The number of fused-ring (bicyclic) bond motifs is 1. The summed E-state index contributed by atoms with van der Waals surface area (Å²) in [4.78, 5) is 18.9. The Hall–Kier alpha value is -3.14. The molecule has 10 heteroatoms. The molecule has 0 aliphatic rings. The van der Waals surface area contributed by atoms with E-state index in [9.17, 15) is 18.0 Å². The number of nitrogens with zero attached hydrogens (tertiary/aromatic N) is 3.